The highest BCUT2D eigenvalue weighted by atomic mass is 32.2. The molecule has 0 saturated carbocycles. The summed E-state index contributed by atoms with van der Waals surface area (Å²) in [5.41, 5.74) is 2.45. The number of nitrogens with zero attached hydrogens (tertiary/aromatic N) is 3. The smallest absolute Gasteiger partial charge is 0.243 e. The Morgan fingerprint density at radius 3 is 2.44 bits per heavy atom. The Labute approximate surface area is 205 Å². The van der Waals surface area contributed by atoms with Crippen molar-refractivity contribution in [2.45, 2.75) is 41.9 Å². The van der Waals surface area contributed by atoms with Gasteiger partial charge in [-0.3, -0.25) is 9.59 Å². The predicted octanol–water partition coefficient (Wildman–Crippen LogP) is 3.53. The molecule has 2 saturated heterocycles. The fourth-order valence-corrected chi connectivity index (χ4v) is 7.10. The van der Waals surface area contributed by atoms with Crippen LogP contribution in [0.1, 0.15) is 31.2 Å². The van der Waals surface area contributed by atoms with E-state index >= 15 is 0 Å². The van der Waals surface area contributed by atoms with Gasteiger partial charge in [0.2, 0.25) is 21.8 Å². The highest BCUT2D eigenvalue weighted by Crippen LogP contribution is 2.35. The second-order valence-electron chi connectivity index (χ2n) is 9.10. The number of piperidine rings is 1. The molecular formula is C25H29N3O4S2. The van der Waals surface area contributed by atoms with E-state index in [9.17, 15) is 18.0 Å². The largest absolute Gasteiger partial charge is 0.312 e. The number of carbonyl (C=O) groups is 2. The number of fused-ring (bicyclic) bond motifs is 1. The summed E-state index contributed by atoms with van der Waals surface area (Å²) in [7, 11) is -3.51. The van der Waals surface area contributed by atoms with Crippen molar-refractivity contribution >= 4 is 45.0 Å². The molecule has 3 aliphatic rings. The van der Waals surface area contributed by atoms with Gasteiger partial charge in [-0.2, -0.15) is 4.31 Å². The lowest BCUT2D eigenvalue weighted by Gasteiger charge is -2.26. The Balaban J connectivity index is 1.31. The van der Waals surface area contributed by atoms with Crippen LogP contribution in [0.25, 0.3) is 0 Å². The average molecular weight is 500 g/mol. The second kappa shape index (κ2) is 9.36. The molecule has 0 aliphatic carbocycles. The van der Waals surface area contributed by atoms with E-state index in [0.29, 0.717) is 37.5 Å². The highest BCUT2D eigenvalue weighted by Gasteiger charge is 2.39. The van der Waals surface area contributed by atoms with Crippen molar-refractivity contribution in [2.75, 3.05) is 42.2 Å². The average Bonchev–Trinajstić information content (AvgIpc) is 3.47. The van der Waals surface area contributed by atoms with Crippen LogP contribution in [0, 0.1) is 5.92 Å². The molecule has 2 amide bonds. The van der Waals surface area contributed by atoms with E-state index in [1.165, 1.54) is 0 Å². The predicted molar refractivity (Wildman–Crippen MR) is 134 cm³/mol. The molecule has 2 fully saturated rings. The van der Waals surface area contributed by atoms with Gasteiger partial charge in [0.25, 0.3) is 0 Å². The maximum atomic E-state index is 13.4. The highest BCUT2D eigenvalue weighted by molar-refractivity contribution is 7.98. The summed E-state index contributed by atoms with van der Waals surface area (Å²) in [6.45, 7) is 2.00. The first-order chi connectivity index (χ1) is 16.4. The van der Waals surface area contributed by atoms with Crippen LogP contribution in [-0.4, -0.2) is 57.0 Å². The Kier molecular flexibility index (Phi) is 6.43. The van der Waals surface area contributed by atoms with E-state index in [2.05, 4.69) is 0 Å². The van der Waals surface area contributed by atoms with Crippen LogP contribution in [0.3, 0.4) is 0 Å². The van der Waals surface area contributed by atoms with Gasteiger partial charge in [0, 0.05) is 48.9 Å². The van der Waals surface area contributed by atoms with Crippen LogP contribution in [0.2, 0.25) is 0 Å². The van der Waals surface area contributed by atoms with Gasteiger partial charge in [0.1, 0.15) is 0 Å². The summed E-state index contributed by atoms with van der Waals surface area (Å²) in [6.07, 6.45) is 5.67. The first-order valence-electron chi connectivity index (χ1n) is 11.8. The van der Waals surface area contributed by atoms with Crippen LogP contribution in [0.15, 0.2) is 52.3 Å². The molecule has 2 aromatic carbocycles. The zero-order valence-corrected chi connectivity index (χ0v) is 20.9. The van der Waals surface area contributed by atoms with Gasteiger partial charge in [-0.25, -0.2) is 8.42 Å². The standard InChI is InChI=1S/C25H29N3O4S2/c1-33-21-7-5-20(6-8-21)28-17-19(16-24(28)29)25(30)27-14-11-18-15-22(9-10-23(18)27)34(31,32)26-12-3-2-4-13-26/h5-10,15,19H,2-4,11-14,16-17H2,1H3. The van der Waals surface area contributed by atoms with Gasteiger partial charge in [-0.1, -0.05) is 6.42 Å². The van der Waals surface area contributed by atoms with E-state index in [0.717, 1.165) is 41.1 Å². The summed E-state index contributed by atoms with van der Waals surface area (Å²) < 4.78 is 27.7. The molecule has 3 aliphatic heterocycles. The molecule has 34 heavy (non-hydrogen) atoms. The summed E-state index contributed by atoms with van der Waals surface area (Å²) in [5.74, 6) is -0.518. The fraction of sp³-hybridized carbons (Fsp3) is 0.440. The fourth-order valence-electron chi connectivity index (χ4n) is 5.13. The third kappa shape index (κ3) is 4.25. The van der Waals surface area contributed by atoms with Crippen molar-refractivity contribution in [3.8, 4) is 0 Å². The van der Waals surface area contributed by atoms with Gasteiger partial charge < -0.3 is 9.80 Å². The Hall–Kier alpha value is -2.36. The molecule has 0 aromatic heterocycles. The molecule has 0 bridgehead atoms. The van der Waals surface area contributed by atoms with E-state index in [-0.39, 0.29) is 18.2 Å². The van der Waals surface area contributed by atoms with E-state index in [4.69, 9.17) is 0 Å². The maximum absolute atomic E-state index is 13.4. The molecule has 0 N–H and O–H groups in total. The number of carbonyl (C=O) groups excluding carboxylic acids is 2. The number of benzene rings is 2. The van der Waals surface area contributed by atoms with Crippen LogP contribution in [0.5, 0.6) is 0 Å². The molecule has 7 nitrogen and oxygen atoms in total. The third-order valence-electron chi connectivity index (χ3n) is 7.02. The quantitative estimate of drug-likeness (QED) is 0.589. The normalized spacial score (nSPS) is 21.2. The SMILES string of the molecule is CSc1ccc(N2CC(C(=O)N3CCc4cc(S(=O)(=O)N5CCCCC5)ccc43)CC2=O)cc1. The lowest BCUT2D eigenvalue weighted by Crippen LogP contribution is -2.36. The molecule has 1 unspecified atom stereocenters. The first kappa shape index (κ1) is 23.4. The monoisotopic (exact) mass is 499 g/mol. The third-order valence-corrected chi connectivity index (χ3v) is 9.66. The Morgan fingerprint density at radius 1 is 1.00 bits per heavy atom. The molecule has 1 atom stereocenters. The number of rotatable bonds is 5. The number of amides is 2. The minimum Gasteiger partial charge on any atom is -0.312 e. The van der Waals surface area contributed by atoms with Gasteiger partial charge >= 0.3 is 0 Å². The molecule has 3 heterocycles. The lowest BCUT2D eigenvalue weighted by molar-refractivity contribution is -0.124. The van der Waals surface area contributed by atoms with Crippen LogP contribution in [0.4, 0.5) is 11.4 Å². The van der Waals surface area contributed by atoms with E-state index in [1.807, 2.05) is 30.5 Å². The Bertz CT molecular complexity index is 1210. The van der Waals surface area contributed by atoms with Gasteiger partial charge in [0.05, 0.1) is 10.8 Å². The molecule has 0 spiro atoms. The lowest BCUT2D eigenvalue weighted by atomic mass is 10.1. The first-order valence-corrected chi connectivity index (χ1v) is 14.4. The molecule has 180 valence electrons. The van der Waals surface area contributed by atoms with Crippen molar-refractivity contribution < 1.29 is 18.0 Å². The number of hydrogen-bond acceptors (Lipinski definition) is 5. The van der Waals surface area contributed by atoms with Crippen LogP contribution >= 0.6 is 11.8 Å². The zero-order chi connectivity index (χ0) is 23.9. The minimum absolute atomic E-state index is 0.0438. The summed E-state index contributed by atoms with van der Waals surface area (Å²) >= 11 is 1.64. The number of thioether (sulfide) groups is 1. The summed E-state index contributed by atoms with van der Waals surface area (Å²) in [4.78, 5) is 30.9. The molecule has 2 aromatic rings. The van der Waals surface area contributed by atoms with Crippen molar-refractivity contribution in [1.82, 2.24) is 4.31 Å². The Morgan fingerprint density at radius 2 is 1.74 bits per heavy atom. The maximum Gasteiger partial charge on any atom is 0.243 e. The van der Waals surface area contributed by atoms with Crippen LogP contribution in [-0.2, 0) is 26.0 Å². The van der Waals surface area contributed by atoms with Crippen molar-refractivity contribution in [3.63, 3.8) is 0 Å². The van der Waals surface area contributed by atoms with Gasteiger partial charge in [0.15, 0.2) is 0 Å². The van der Waals surface area contributed by atoms with Crippen molar-refractivity contribution in [3.05, 3.63) is 48.0 Å². The minimum atomic E-state index is -3.51. The topological polar surface area (TPSA) is 78.0 Å². The number of hydrogen-bond donors (Lipinski definition) is 0. The zero-order valence-electron chi connectivity index (χ0n) is 19.3. The van der Waals surface area contributed by atoms with Crippen molar-refractivity contribution in [2.24, 2.45) is 5.92 Å². The van der Waals surface area contributed by atoms with Crippen molar-refractivity contribution in [1.29, 1.82) is 0 Å². The summed E-state index contributed by atoms with van der Waals surface area (Å²) in [5, 5.41) is 0. The van der Waals surface area contributed by atoms with Crippen LogP contribution < -0.4 is 9.80 Å². The molecular weight excluding hydrogens is 470 g/mol. The molecule has 5 rings (SSSR count). The van der Waals surface area contributed by atoms with E-state index in [1.54, 1.807) is 44.1 Å². The second-order valence-corrected chi connectivity index (χ2v) is 11.9. The van der Waals surface area contributed by atoms with E-state index < -0.39 is 15.9 Å². The summed E-state index contributed by atoms with van der Waals surface area (Å²) in [6, 6.07) is 12.9. The van der Waals surface area contributed by atoms with Gasteiger partial charge in [-0.15, -0.1) is 11.8 Å². The van der Waals surface area contributed by atoms with Gasteiger partial charge in [-0.05, 0) is 73.5 Å². The number of sulfonamides is 1. The molecule has 9 heteroatoms. The molecule has 0 radical (unpaired) electrons. The number of anilines is 2.